The Kier molecular flexibility index (Phi) is 3.25. The Hall–Kier alpha value is -2.22. The van der Waals surface area contributed by atoms with Crippen LogP contribution in [0.4, 0.5) is 0 Å². The molecule has 1 aliphatic rings. The number of alkyl halides is 1. The number of likely N-dealkylation sites (tertiary alicyclic amines) is 1. The Labute approximate surface area is 124 Å². The zero-order chi connectivity index (χ0) is 15.1. The molecule has 9 heteroatoms. The van der Waals surface area contributed by atoms with Gasteiger partial charge in [-0.3, -0.25) is 19.1 Å². The van der Waals surface area contributed by atoms with Crippen molar-refractivity contribution in [3.05, 3.63) is 12.2 Å². The van der Waals surface area contributed by atoms with E-state index in [1.807, 2.05) is 0 Å². The number of fused-ring (bicyclic) bond motifs is 1. The summed E-state index contributed by atoms with van der Waals surface area (Å²) < 4.78 is 6.73. The molecule has 2 amide bonds. The minimum atomic E-state index is -0.680. The van der Waals surface area contributed by atoms with Crippen LogP contribution in [0.1, 0.15) is 18.3 Å². The second-order valence-corrected chi connectivity index (χ2v) is 4.86. The zero-order valence-electron chi connectivity index (χ0n) is 11.4. The van der Waals surface area contributed by atoms with Crippen molar-refractivity contribution in [2.45, 2.75) is 18.3 Å². The van der Waals surface area contributed by atoms with Crippen LogP contribution in [-0.4, -0.2) is 50.4 Å². The first-order valence-electron chi connectivity index (χ1n) is 6.20. The summed E-state index contributed by atoms with van der Waals surface area (Å²) in [6.45, 7) is 0. The average Bonchev–Trinajstić information content (AvgIpc) is 2.99. The van der Waals surface area contributed by atoms with E-state index in [1.165, 1.54) is 20.5 Å². The number of likely N-dealkylation sites (N-methyl/N-ethyl adjacent to an activating group) is 1. The summed E-state index contributed by atoms with van der Waals surface area (Å²) in [4.78, 5) is 37.5. The van der Waals surface area contributed by atoms with Gasteiger partial charge in [-0.05, 0) is 0 Å². The number of methoxy groups -OCH3 is 1. The number of rotatable bonds is 3. The van der Waals surface area contributed by atoms with Gasteiger partial charge in [-0.15, -0.1) is 11.6 Å². The highest BCUT2D eigenvalue weighted by molar-refractivity contribution is 6.17. The van der Waals surface area contributed by atoms with E-state index >= 15 is 0 Å². The fourth-order valence-corrected chi connectivity index (χ4v) is 2.63. The van der Waals surface area contributed by atoms with Gasteiger partial charge in [0, 0.05) is 7.05 Å². The molecule has 110 valence electrons. The molecule has 0 bridgehead atoms. The van der Waals surface area contributed by atoms with Crippen molar-refractivity contribution in [3.63, 3.8) is 0 Å². The van der Waals surface area contributed by atoms with Crippen LogP contribution in [-0.2, 0) is 15.5 Å². The van der Waals surface area contributed by atoms with Crippen LogP contribution < -0.4 is 4.74 Å². The van der Waals surface area contributed by atoms with Crippen molar-refractivity contribution in [2.75, 3.05) is 14.2 Å². The molecule has 1 fully saturated rings. The third-order valence-corrected chi connectivity index (χ3v) is 3.74. The lowest BCUT2D eigenvalue weighted by Gasteiger charge is -2.13. The fourth-order valence-electron chi connectivity index (χ4n) is 2.44. The molecule has 1 unspecified atom stereocenters. The highest BCUT2D eigenvalue weighted by Crippen LogP contribution is 2.31. The first kappa shape index (κ1) is 13.7. The number of nitrogens with zero attached hydrogens (tertiary/aromatic N) is 5. The van der Waals surface area contributed by atoms with E-state index in [2.05, 4.69) is 15.0 Å². The number of halogens is 1. The van der Waals surface area contributed by atoms with Crippen LogP contribution >= 0.6 is 11.6 Å². The number of imidazole rings is 1. The van der Waals surface area contributed by atoms with Gasteiger partial charge < -0.3 is 4.74 Å². The Balaban J connectivity index is 2.22. The van der Waals surface area contributed by atoms with Gasteiger partial charge in [-0.2, -0.15) is 4.98 Å². The second kappa shape index (κ2) is 4.96. The largest absolute Gasteiger partial charge is 0.479 e. The summed E-state index contributed by atoms with van der Waals surface area (Å²) in [6.07, 6.45) is 1.39. The van der Waals surface area contributed by atoms with E-state index in [0.717, 1.165) is 4.90 Å². The molecule has 1 atom stereocenters. The molecule has 1 aliphatic heterocycles. The van der Waals surface area contributed by atoms with E-state index < -0.39 is 6.04 Å². The summed E-state index contributed by atoms with van der Waals surface area (Å²) in [5.74, 6) is 0.292. The van der Waals surface area contributed by atoms with Crippen molar-refractivity contribution >= 4 is 34.6 Å². The van der Waals surface area contributed by atoms with Crippen LogP contribution in [0.15, 0.2) is 6.33 Å². The Morgan fingerprint density at radius 3 is 2.76 bits per heavy atom. The Morgan fingerprint density at radius 1 is 1.43 bits per heavy atom. The highest BCUT2D eigenvalue weighted by atomic mass is 35.5. The molecule has 3 heterocycles. The molecule has 2 aromatic rings. The van der Waals surface area contributed by atoms with E-state index in [0.29, 0.717) is 22.9 Å². The fraction of sp³-hybridized carbons (Fsp3) is 0.417. The smallest absolute Gasteiger partial charge is 0.252 e. The predicted molar refractivity (Wildman–Crippen MR) is 72.9 cm³/mol. The third-order valence-electron chi connectivity index (χ3n) is 3.50. The average molecular weight is 310 g/mol. The molecule has 0 saturated carbocycles. The maximum absolute atomic E-state index is 12.2. The lowest BCUT2D eigenvalue weighted by atomic mass is 10.2. The van der Waals surface area contributed by atoms with Crippen molar-refractivity contribution < 1.29 is 14.3 Å². The summed E-state index contributed by atoms with van der Waals surface area (Å²) in [7, 11) is 2.93. The quantitative estimate of drug-likeness (QED) is 0.606. The van der Waals surface area contributed by atoms with Crippen LogP contribution in [0.25, 0.3) is 11.2 Å². The summed E-state index contributed by atoms with van der Waals surface area (Å²) in [5.41, 5.74) is 0.851. The van der Waals surface area contributed by atoms with E-state index in [4.69, 9.17) is 16.3 Å². The van der Waals surface area contributed by atoms with E-state index in [-0.39, 0.29) is 24.1 Å². The number of aromatic nitrogens is 4. The molecule has 8 nitrogen and oxygen atoms in total. The van der Waals surface area contributed by atoms with Crippen molar-refractivity contribution in [1.29, 1.82) is 0 Å². The highest BCUT2D eigenvalue weighted by Gasteiger charge is 2.39. The zero-order valence-corrected chi connectivity index (χ0v) is 12.2. The number of ether oxygens (including phenoxy) is 1. The lowest BCUT2D eigenvalue weighted by molar-refractivity contribution is -0.137. The van der Waals surface area contributed by atoms with Crippen molar-refractivity contribution in [2.24, 2.45) is 0 Å². The molecule has 3 rings (SSSR count). The normalized spacial score (nSPS) is 18.8. The van der Waals surface area contributed by atoms with Crippen LogP contribution in [0.5, 0.6) is 5.88 Å². The van der Waals surface area contributed by atoms with Gasteiger partial charge >= 0.3 is 0 Å². The van der Waals surface area contributed by atoms with Gasteiger partial charge in [-0.25, -0.2) is 9.97 Å². The Bertz CT molecular complexity index is 744. The second-order valence-electron chi connectivity index (χ2n) is 4.60. The molecule has 0 N–H and O–H groups in total. The Morgan fingerprint density at radius 2 is 2.19 bits per heavy atom. The molecule has 0 radical (unpaired) electrons. The summed E-state index contributed by atoms with van der Waals surface area (Å²) >= 11 is 5.92. The monoisotopic (exact) mass is 309 g/mol. The molecule has 0 aromatic carbocycles. The van der Waals surface area contributed by atoms with Gasteiger partial charge in [-0.1, -0.05) is 0 Å². The van der Waals surface area contributed by atoms with Crippen LogP contribution in [0.3, 0.4) is 0 Å². The standard InChI is InChI=1S/C12H12ClN5O3/c1-17-8(19)3-6(12(17)20)18-7(4-13)16-9-10(18)14-5-15-11(9)21-2/h5-6H,3-4H2,1-2H3. The SMILES string of the molecule is COc1ncnc2c1nc(CCl)n2C1CC(=O)N(C)C1=O. The molecule has 21 heavy (non-hydrogen) atoms. The third kappa shape index (κ3) is 1.94. The maximum Gasteiger partial charge on any atom is 0.252 e. The molecular weight excluding hydrogens is 298 g/mol. The first-order valence-corrected chi connectivity index (χ1v) is 6.74. The number of hydrogen-bond donors (Lipinski definition) is 0. The number of imide groups is 1. The lowest BCUT2D eigenvalue weighted by Crippen LogP contribution is -2.27. The van der Waals surface area contributed by atoms with Crippen molar-refractivity contribution in [3.8, 4) is 5.88 Å². The molecule has 0 spiro atoms. The molecule has 0 aliphatic carbocycles. The molecule has 1 saturated heterocycles. The molecular formula is C12H12ClN5O3. The predicted octanol–water partition coefficient (Wildman–Crippen LogP) is 0.503. The van der Waals surface area contributed by atoms with Crippen LogP contribution in [0, 0.1) is 0 Å². The summed E-state index contributed by atoms with van der Waals surface area (Å²) in [5, 5.41) is 0. The van der Waals surface area contributed by atoms with Crippen molar-refractivity contribution in [1.82, 2.24) is 24.4 Å². The van der Waals surface area contributed by atoms with E-state index in [1.54, 1.807) is 4.57 Å². The van der Waals surface area contributed by atoms with Gasteiger partial charge in [0.25, 0.3) is 5.91 Å². The topological polar surface area (TPSA) is 90.2 Å². The van der Waals surface area contributed by atoms with E-state index in [9.17, 15) is 9.59 Å². The number of hydrogen-bond acceptors (Lipinski definition) is 6. The number of carbonyl (C=O) groups is 2. The van der Waals surface area contributed by atoms with Crippen LogP contribution in [0.2, 0.25) is 0 Å². The van der Waals surface area contributed by atoms with Gasteiger partial charge in [0.1, 0.15) is 18.2 Å². The molecule has 2 aromatic heterocycles. The van der Waals surface area contributed by atoms with Gasteiger partial charge in [0.2, 0.25) is 11.8 Å². The number of carbonyl (C=O) groups excluding carboxylic acids is 2. The van der Waals surface area contributed by atoms with Gasteiger partial charge in [0.05, 0.1) is 19.4 Å². The minimum Gasteiger partial charge on any atom is -0.479 e. The first-order chi connectivity index (χ1) is 10.1. The minimum absolute atomic E-state index is 0.0665. The van der Waals surface area contributed by atoms with Gasteiger partial charge in [0.15, 0.2) is 11.2 Å². The maximum atomic E-state index is 12.2. The number of amides is 2. The summed E-state index contributed by atoms with van der Waals surface area (Å²) in [6, 6.07) is -0.680.